The number of hydrogen-bond donors (Lipinski definition) is 1. The SMILES string of the molecule is CCc1c(OC)cc(OC)cc1C(=O)CN. The van der Waals surface area contributed by atoms with Gasteiger partial charge in [-0.2, -0.15) is 0 Å². The van der Waals surface area contributed by atoms with Gasteiger partial charge in [0, 0.05) is 17.2 Å². The number of carbonyl (C=O) groups excluding carboxylic acids is 1. The summed E-state index contributed by atoms with van der Waals surface area (Å²) in [5.41, 5.74) is 6.84. The Morgan fingerprint density at radius 2 is 2.00 bits per heavy atom. The van der Waals surface area contributed by atoms with Gasteiger partial charge in [0.2, 0.25) is 0 Å². The number of methoxy groups -OCH3 is 2. The quantitative estimate of drug-likeness (QED) is 0.767. The van der Waals surface area contributed by atoms with Crippen LogP contribution in [0.1, 0.15) is 22.8 Å². The van der Waals surface area contributed by atoms with E-state index in [1.165, 1.54) is 0 Å². The van der Waals surface area contributed by atoms with E-state index in [1.54, 1.807) is 26.4 Å². The van der Waals surface area contributed by atoms with Gasteiger partial charge in [-0.3, -0.25) is 4.79 Å². The van der Waals surface area contributed by atoms with Crippen LogP contribution >= 0.6 is 0 Å². The topological polar surface area (TPSA) is 61.5 Å². The molecule has 0 saturated carbocycles. The molecule has 0 unspecified atom stereocenters. The van der Waals surface area contributed by atoms with Gasteiger partial charge in [0.1, 0.15) is 11.5 Å². The molecule has 88 valence electrons. The summed E-state index contributed by atoms with van der Waals surface area (Å²) in [6.45, 7) is 1.96. The van der Waals surface area contributed by atoms with Crippen LogP contribution in [0.5, 0.6) is 11.5 Å². The molecule has 0 aromatic heterocycles. The van der Waals surface area contributed by atoms with E-state index in [9.17, 15) is 4.79 Å². The summed E-state index contributed by atoms with van der Waals surface area (Å²) in [6.07, 6.45) is 0.717. The Balaban J connectivity index is 3.36. The molecule has 0 atom stereocenters. The van der Waals surface area contributed by atoms with Crippen molar-refractivity contribution in [1.82, 2.24) is 0 Å². The molecule has 1 aromatic carbocycles. The summed E-state index contributed by atoms with van der Waals surface area (Å²) in [7, 11) is 3.13. The van der Waals surface area contributed by atoms with Crippen LogP contribution in [-0.2, 0) is 6.42 Å². The Kier molecular flexibility index (Phi) is 4.31. The molecular weight excluding hydrogens is 206 g/mol. The lowest BCUT2D eigenvalue weighted by atomic mass is 10.00. The molecule has 1 rings (SSSR count). The number of ketones is 1. The van der Waals surface area contributed by atoms with Gasteiger partial charge in [0.15, 0.2) is 5.78 Å². The van der Waals surface area contributed by atoms with Gasteiger partial charge in [0.05, 0.1) is 20.8 Å². The highest BCUT2D eigenvalue weighted by Crippen LogP contribution is 2.29. The molecule has 0 spiro atoms. The Hall–Kier alpha value is -1.55. The summed E-state index contributed by atoms with van der Waals surface area (Å²) in [5.74, 6) is 1.17. The zero-order valence-corrected chi connectivity index (χ0v) is 9.87. The lowest BCUT2D eigenvalue weighted by Gasteiger charge is -2.13. The smallest absolute Gasteiger partial charge is 0.176 e. The van der Waals surface area contributed by atoms with Crippen molar-refractivity contribution < 1.29 is 14.3 Å². The summed E-state index contributed by atoms with van der Waals surface area (Å²) < 4.78 is 10.4. The minimum Gasteiger partial charge on any atom is -0.497 e. The number of carbonyl (C=O) groups is 1. The van der Waals surface area contributed by atoms with E-state index in [4.69, 9.17) is 15.2 Å². The van der Waals surface area contributed by atoms with Gasteiger partial charge < -0.3 is 15.2 Å². The van der Waals surface area contributed by atoms with Gasteiger partial charge >= 0.3 is 0 Å². The van der Waals surface area contributed by atoms with Crippen molar-refractivity contribution in [2.75, 3.05) is 20.8 Å². The first-order chi connectivity index (χ1) is 7.67. The van der Waals surface area contributed by atoms with E-state index in [-0.39, 0.29) is 12.3 Å². The molecular formula is C12H17NO3. The Labute approximate surface area is 95.3 Å². The lowest BCUT2D eigenvalue weighted by Crippen LogP contribution is -2.16. The van der Waals surface area contributed by atoms with Crippen molar-refractivity contribution in [2.24, 2.45) is 5.73 Å². The average molecular weight is 223 g/mol. The molecule has 0 fully saturated rings. The summed E-state index contributed by atoms with van der Waals surface area (Å²) in [5, 5.41) is 0. The highest BCUT2D eigenvalue weighted by atomic mass is 16.5. The maximum atomic E-state index is 11.7. The third-order valence-corrected chi connectivity index (χ3v) is 2.48. The fraction of sp³-hybridized carbons (Fsp3) is 0.417. The van der Waals surface area contributed by atoms with Gasteiger partial charge in [-0.25, -0.2) is 0 Å². The van der Waals surface area contributed by atoms with Crippen LogP contribution in [0.15, 0.2) is 12.1 Å². The molecule has 4 heteroatoms. The van der Waals surface area contributed by atoms with Crippen molar-refractivity contribution in [2.45, 2.75) is 13.3 Å². The number of nitrogens with two attached hydrogens (primary N) is 1. The van der Waals surface area contributed by atoms with Crippen molar-refractivity contribution in [3.63, 3.8) is 0 Å². The predicted molar refractivity (Wildman–Crippen MR) is 62.3 cm³/mol. The maximum Gasteiger partial charge on any atom is 0.176 e. The van der Waals surface area contributed by atoms with Gasteiger partial charge in [-0.05, 0) is 12.5 Å². The molecule has 0 aliphatic rings. The molecule has 0 radical (unpaired) electrons. The molecule has 2 N–H and O–H groups in total. The van der Waals surface area contributed by atoms with Gasteiger partial charge in [0.25, 0.3) is 0 Å². The fourth-order valence-corrected chi connectivity index (χ4v) is 1.64. The predicted octanol–water partition coefficient (Wildman–Crippen LogP) is 1.41. The molecule has 0 aliphatic carbocycles. The third kappa shape index (κ3) is 2.33. The minimum absolute atomic E-state index is 0.0106. The molecule has 0 aliphatic heterocycles. The van der Waals surface area contributed by atoms with Crippen molar-refractivity contribution in [3.8, 4) is 11.5 Å². The van der Waals surface area contributed by atoms with E-state index in [1.807, 2.05) is 6.92 Å². The standard InChI is InChI=1S/C12H17NO3/c1-4-9-10(11(14)7-13)5-8(15-2)6-12(9)16-3/h5-6H,4,7,13H2,1-3H3. The molecule has 0 heterocycles. The van der Waals surface area contributed by atoms with Crippen molar-refractivity contribution >= 4 is 5.78 Å². The molecule has 0 bridgehead atoms. The zero-order chi connectivity index (χ0) is 12.1. The second-order valence-electron chi connectivity index (χ2n) is 3.34. The van der Waals surface area contributed by atoms with Crippen LogP contribution in [0.25, 0.3) is 0 Å². The van der Waals surface area contributed by atoms with Crippen LogP contribution < -0.4 is 15.2 Å². The lowest BCUT2D eigenvalue weighted by molar-refractivity contribution is 0.0999. The number of Topliss-reactive ketones (excluding diaryl/α,β-unsaturated/α-hetero) is 1. The summed E-state index contributed by atoms with van der Waals surface area (Å²) in [4.78, 5) is 11.7. The van der Waals surface area contributed by atoms with Crippen molar-refractivity contribution in [3.05, 3.63) is 23.3 Å². The number of benzene rings is 1. The molecule has 0 amide bonds. The Bertz CT molecular complexity index is 388. The van der Waals surface area contributed by atoms with Gasteiger partial charge in [-0.1, -0.05) is 6.92 Å². The van der Waals surface area contributed by atoms with Crippen LogP contribution in [-0.4, -0.2) is 26.5 Å². The molecule has 0 saturated heterocycles. The number of hydrogen-bond acceptors (Lipinski definition) is 4. The first-order valence-corrected chi connectivity index (χ1v) is 5.16. The van der Waals surface area contributed by atoms with E-state index in [0.29, 0.717) is 23.5 Å². The normalized spacial score (nSPS) is 10.0. The van der Waals surface area contributed by atoms with E-state index < -0.39 is 0 Å². The molecule has 1 aromatic rings. The highest BCUT2D eigenvalue weighted by molar-refractivity contribution is 5.99. The minimum atomic E-state index is -0.103. The van der Waals surface area contributed by atoms with E-state index >= 15 is 0 Å². The Morgan fingerprint density at radius 3 is 2.44 bits per heavy atom. The second-order valence-corrected chi connectivity index (χ2v) is 3.34. The monoisotopic (exact) mass is 223 g/mol. The first-order valence-electron chi connectivity index (χ1n) is 5.16. The van der Waals surface area contributed by atoms with E-state index in [2.05, 4.69) is 0 Å². The van der Waals surface area contributed by atoms with Crippen LogP contribution in [0.2, 0.25) is 0 Å². The molecule has 4 nitrogen and oxygen atoms in total. The number of rotatable bonds is 5. The van der Waals surface area contributed by atoms with E-state index in [0.717, 1.165) is 5.56 Å². The van der Waals surface area contributed by atoms with Crippen LogP contribution in [0, 0.1) is 0 Å². The largest absolute Gasteiger partial charge is 0.497 e. The second kappa shape index (κ2) is 5.51. The Morgan fingerprint density at radius 1 is 1.31 bits per heavy atom. The average Bonchev–Trinajstić information content (AvgIpc) is 2.35. The maximum absolute atomic E-state index is 11.7. The molecule has 16 heavy (non-hydrogen) atoms. The summed E-state index contributed by atoms with van der Waals surface area (Å²) >= 11 is 0. The summed E-state index contributed by atoms with van der Waals surface area (Å²) in [6, 6.07) is 3.47. The van der Waals surface area contributed by atoms with Crippen LogP contribution in [0.3, 0.4) is 0 Å². The zero-order valence-electron chi connectivity index (χ0n) is 9.87. The van der Waals surface area contributed by atoms with Gasteiger partial charge in [-0.15, -0.1) is 0 Å². The number of ether oxygens (including phenoxy) is 2. The first kappa shape index (κ1) is 12.5. The van der Waals surface area contributed by atoms with Crippen molar-refractivity contribution in [1.29, 1.82) is 0 Å². The van der Waals surface area contributed by atoms with Crippen LogP contribution in [0.4, 0.5) is 0 Å². The third-order valence-electron chi connectivity index (χ3n) is 2.48. The fourth-order valence-electron chi connectivity index (χ4n) is 1.64. The highest BCUT2D eigenvalue weighted by Gasteiger charge is 2.15.